The van der Waals surface area contributed by atoms with Crippen molar-refractivity contribution in [1.82, 2.24) is 15.1 Å². The van der Waals surface area contributed by atoms with E-state index in [-0.39, 0.29) is 10.9 Å². The van der Waals surface area contributed by atoms with Crippen molar-refractivity contribution >= 4 is 23.2 Å². The zero-order valence-electron chi connectivity index (χ0n) is 13.5. The van der Waals surface area contributed by atoms with Crippen molar-refractivity contribution in [1.29, 1.82) is 0 Å². The van der Waals surface area contributed by atoms with Gasteiger partial charge in [0.25, 0.3) is 0 Å². The van der Waals surface area contributed by atoms with Gasteiger partial charge in [-0.25, -0.2) is 4.39 Å². The number of hydrogen-bond acceptors (Lipinski definition) is 3. The number of hydrogen-bond donors (Lipinski definition) is 2. The number of aromatic amines is 1. The summed E-state index contributed by atoms with van der Waals surface area (Å²) in [5, 5.41) is 10.1. The van der Waals surface area contributed by atoms with Crippen LogP contribution in [0.1, 0.15) is 30.1 Å². The predicted molar refractivity (Wildman–Crippen MR) is 91.8 cm³/mol. The Hall–Kier alpha value is -1.92. The van der Waals surface area contributed by atoms with Crippen molar-refractivity contribution < 1.29 is 9.18 Å². The average molecular weight is 351 g/mol. The summed E-state index contributed by atoms with van der Waals surface area (Å²) in [5.41, 5.74) is 2.69. The molecule has 7 heteroatoms. The molecule has 1 saturated heterocycles. The monoisotopic (exact) mass is 350 g/mol. The molecular formula is C17H20ClFN4O. The maximum atomic E-state index is 13.1. The van der Waals surface area contributed by atoms with E-state index in [1.807, 2.05) is 6.92 Å². The molecule has 128 valence electrons. The van der Waals surface area contributed by atoms with Crippen molar-refractivity contribution in [2.24, 2.45) is 0 Å². The third kappa shape index (κ3) is 4.13. The first kappa shape index (κ1) is 16.9. The number of likely N-dealkylation sites (tertiary alicyclic amines) is 1. The SMILES string of the molecule is Cc1cc(C2CCN(CC(=O)Nc3ccc(F)c(Cl)c3)CC2)n[nH]1. The fourth-order valence-electron chi connectivity index (χ4n) is 3.01. The molecule has 0 spiro atoms. The summed E-state index contributed by atoms with van der Waals surface area (Å²) < 4.78 is 13.1. The molecule has 1 aromatic carbocycles. The van der Waals surface area contributed by atoms with E-state index in [4.69, 9.17) is 11.6 Å². The number of aryl methyl sites for hydroxylation is 1. The first-order valence-corrected chi connectivity index (χ1v) is 8.38. The maximum Gasteiger partial charge on any atom is 0.238 e. The van der Waals surface area contributed by atoms with Crippen LogP contribution in [-0.4, -0.2) is 40.6 Å². The van der Waals surface area contributed by atoms with Crippen LogP contribution in [0.25, 0.3) is 0 Å². The van der Waals surface area contributed by atoms with Gasteiger partial charge in [0.1, 0.15) is 5.82 Å². The van der Waals surface area contributed by atoms with Crippen molar-refractivity contribution in [3.8, 4) is 0 Å². The molecule has 0 aliphatic carbocycles. The van der Waals surface area contributed by atoms with Gasteiger partial charge in [-0.15, -0.1) is 0 Å². The lowest BCUT2D eigenvalue weighted by molar-refractivity contribution is -0.117. The molecule has 1 amide bonds. The molecule has 0 atom stereocenters. The van der Waals surface area contributed by atoms with E-state index in [0.717, 1.165) is 37.3 Å². The Morgan fingerprint density at radius 2 is 2.17 bits per heavy atom. The summed E-state index contributed by atoms with van der Waals surface area (Å²) in [7, 11) is 0. The van der Waals surface area contributed by atoms with Crippen molar-refractivity contribution in [2.75, 3.05) is 25.0 Å². The predicted octanol–water partition coefficient (Wildman–Crippen LogP) is 3.33. The number of amides is 1. The number of anilines is 1. The van der Waals surface area contributed by atoms with Crippen molar-refractivity contribution in [3.05, 3.63) is 46.5 Å². The van der Waals surface area contributed by atoms with Crippen LogP contribution in [0.2, 0.25) is 5.02 Å². The Morgan fingerprint density at radius 3 is 2.79 bits per heavy atom. The van der Waals surface area contributed by atoms with Crippen LogP contribution < -0.4 is 5.32 Å². The number of rotatable bonds is 4. The van der Waals surface area contributed by atoms with Gasteiger partial charge in [0.2, 0.25) is 5.91 Å². The van der Waals surface area contributed by atoms with E-state index in [1.165, 1.54) is 18.2 Å². The smallest absolute Gasteiger partial charge is 0.238 e. The van der Waals surface area contributed by atoms with Crippen LogP contribution in [0, 0.1) is 12.7 Å². The van der Waals surface area contributed by atoms with Gasteiger partial charge in [0, 0.05) is 17.3 Å². The second-order valence-electron chi connectivity index (χ2n) is 6.20. The Kier molecular flexibility index (Phi) is 5.16. The number of benzene rings is 1. The minimum absolute atomic E-state index is 0.00269. The van der Waals surface area contributed by atoms with Gasteiger partial charge in [-0.05, 0) is 57.1 Å². The molecule has 1 aromatic heterocycles. The number of aromatic nitrogens is 2. The lowest BCUT2D eigenvalue weighted by Gasteiger charge is -2.30. The lowest BCUT2D eigenvalue weighted by atomic mass is 9.93. The van der Waals surface area contributed by atoms with E-state index in [0.29, 0.717) is 18.2 Å². The molecule has 0 bridgehead atoms. The van der Waals surface area contributed by atoms with Crippen molar-refractivity contribution in [2.45, 2.75) is 25.7 Å². The van der Waals surface area contributed by atoms with Crippen LogP contribution >= 0.6 is 11.6 Å². The molecule has 1 fully saturated rings. The number of carbonyl (C=O) groups excluding carboxylic acids is 1. The Morgan fingerprint density at radius 1 is 1.42 bits per heavy atom. The zero-order chi connectivity index (χ0) is 17.1. The van der Waals surface area contributed by atoms with E-state index < -0.39 is 5.82 Å². The Balaban J connectivity index is 1.48. The summed E-state index contributed by atoms with van der Waals surface area (Å²) in [6.45, 7) is 4.03. The standard InChI is InChI=1S/C17H20ClFN4O/c1-11-8-16(22-21-11)12-4-6-23(7-5-12)10-17(24)20-13-2-3-15(19)14(18)9-13/h2-3,8-9,12H,4-7,10H2,1H3,(H,20,24)(H,21,22). The maximum absolute atomic E-state index is 13.1. The summed E-state index contributed by atoms with van der Waals surface area (Å²) >= 11 is 5.72. The highest BCUT2D eigenvalue weighted by atomic mass is 35.5. The first-order chi connectivity index (χ1) is 11.5. The van der Waals surface area contributed by atoms with Gasteiger partial charge in [0.15, 0.2) is 0 Å². The molecule has 2 aromatic rings. The van der Waals surface area contributed by atoms with Crippen LogP contribution in [-0.2, 0) is 4.79 Å². The molecule has 2 heterocycles. The molecule has 2 N–H and O–H groups in total. The van der Waals surface area contributed by atoms with Gasteiger partial charge in [-0.2, -0.15) is 5.10 Å². The Bertz CT molecular complexity index is 725. The number of nitrogens with one attached hydrogen (secondary N) is 2. The third-order valence-electron chi connectivity index (χ3n) is 4.30. The van der Waals surface area contributed by atoms with E-state index in [1.54, 1.807) is 0 Å². The molecule has 24 heavy (non-hydrogen) atoms. The number of H-pyrrole nitrogens is 1. The zero-order valence-corrected chi connectivity index (χ0v) is 14.2. The minimum Gasteiger partial charge on any atom is -0.325 e. The van der Waals surface area contributed by atoms with E-state index >= 15 is 0 Å². The normalized spacial score (nSPS) is 16.3. The first-order valence-electron chi connectivity index (χ1n) is 8.00. The van der Waals surface area contributed by atoms with Crippen molar-refractivity contribution in [3.63, 3.8) is 0 Å². The molecule has 0 radical (unpaired) electrons. The van der Waals surface area contributed by atoms with Gasteiger partial charge in [-0.3, -0.25) is 14.8 Å². The molecule has 1 aliphatic heterocycles. The van der Waals surface area contributed by atoms with Gasteiger partial charge >= 0.3 is 0 Å². The highest BCUT2D eigenvalue weighted by Crippen LogP contribution is 2.27. The molecule has 5 nitrogen and oxygen atoms in total. The fourth-order valence-corrected chi connectivity index (χ4v) is 3.19. The number of carbonyl (C=O) groups is 1. The molecule has 3 rings (SSSR count). The van der Waals surface area contributed by atoms with Gasteiger partial charge < -0.3 is 5.32 Å². The second kappa shape index (κ2) is 7.32. The summed E-state index contributed by atoms with van der Waals surface area (Å²) in [6.07, 6.45) is 1.97. The quantitative estimate of drug-likeness (QED) is 0.889. The van der Waals surface area contributed by atoms with Crippen LogP contribution in [0.3, 0.4) is 0 Å². The van der Waals surface area contributed by atoms with Gasteiger partial charge in [0.05, 0.1) is 17.3 Å². The van der Waals surface area contributed by atoms with Crippen LogP contribution in [0.15, 0.2) is 24.3 Å². The minimum atomic E-state index is -0.495. The molecule has 1 aliphatic rings. The lowest BCUT2D eigenvalue weighted by Crippen LogP contribution is -2.38. The van der Waals surface area contributed by atoms with E-state index in [9.17, 15) is 9.18 Å². The molecular weight excluding hydrogens is 331 g/mol. The largest absolute Gasteiger partial charge is 0.325 e. The Labute approximate surface area is 145 Å². The molecule has 0 unspecified atom stereocenters. The average Bonchev–Trinajstić information content (AvgIpc) is 2.98. The third-order valence-corrected chi connectivity index (χ3v) is 4.59. The summed E-state index contributed by atoms with van der Waals surface area (Å²) in [4.78, 5) is 14.2. The van der Waals surface area contributed by atoms with Crippen LogP contribution in [0.4, 0.5) is 10.1 Å². The highest BCUT2D eigenvalue weighted by molar-refractivity contribution is 6.31. The highest BCUT2D eigenvalue weighted by Gasteiger charge is 2.23. The van der Waals surface area contributed by atoms with Crippen LogP contribution in [0.5, 0.6) is 0 Å². The van der Waals surface area contributed by atoms with E-state index in [2.05, 4.69) is 26.5 Å². The molecule has 0 saturated carbocycles. The summed E-state index contributed by atoms with van der Waals surface area (Å²) in [5.74, 6) is -0.165. The number of nitrogens with zero attached hydrogens (tertiary/aromatic N) is 2. The number of halogens is 2. The fraction of sp³-hybridized carbons (Fsp3) is 0.412. The van der Waals surface area contributed by atoms with Gasteiger partial charge in [-0.1, -0.05) is 11.6 Å². The second-order valence-corrected chi connectivity index (χ2v) is 6.61. The summed E-state index contributed by atoms with van der Waals surface area (Å²) in [6, 6.07) is 6.26. The topological polar surface area (TPSA) is 61.0 Å². The number of piperidine rings is 1.